The Labute approximate surface area is 116 Å². The minimum absolute atomic E-state index is 0.0540. The third kappa shape index (κ3) is 4.77. The van der Waals surface area contributed by atoms with E-state index in [1.807, 2.05) is 11.8 Å². The second-order valence-corrected chi connectivity index (χ2v) is 5.84. The van der Waals surface area contributed by atoms with E-state index in [0.717, 1.165) is 45.5 Å². The molecule has 0 saturated carbocycles. The number of ether oxygens (including phenoxy) is 1. The van der Waals surface area contributed by atoms with Gasteiger partial charge in [-0.15, -0.1) is 0 Å². The molecule has 110 valence electrons. The summed E-state index contributed by atoms with van der Waals surface area (Å²) in [6.07, 6.45) is 8.68. The molecule has 2 atom stereocenters. The van der Waals surface area contributed by atoms with Crippen molar-refractivity contribution in [3.8, 4) is 0 Å². The van der Waals surface area contributed by atoms with Crippen molar-refractivity contribution < 1.29 is 9.53 Å². The highest BCUT2D eigenvalue weighted by Gasteiger charge is 2.22. The Hall–Kier alpha value is -0.610. The third-order valence-electron chi connectivity index (χ3n) is 4.23. The molecule has 19 heavy (non-hydrogen) atoms. The van der Waals surface area contributed by atoms with Gasteiger partial charge in [0.2, 0.25) is 5.91 Å². The van der Waals surface area contributed by atoms with Crippen LogP contribution in [-0.2, 0) is 9.53 Å². The fourth-order valence-corrected chi connectivity index (χ4v) is 2.97. The van der Waals surface area contributed by atoms with E-state index >= 15 is 0 Å². The van der Waals surface area contributed by atoms with E-state index in [1.54, 1.807) is 0 Å². The zero-order valence-electron chi connectivity index (χ0n) is 12.2. The molecule has 2 aliphatic heterocycles. The van der Waals surface area contributed by atoms with Gasteiger partial charge in [0.15, 0.2) is 0 Å². The Kier molecular flexibility index (Phi) is 6.11. The molecule has 4 nitrogen and oxygen atoms in total. The van der Waals surface area contributed by atoms with E-state index in [-0.39, 0.29) is 11.9 Å². The molecule has 0 aromatic heterocycles. The number of nitrogens with one attached hydrogen (secondary N) is 1. The lowest BCUT2D eigenvalue weighted by molar-refractivity contribution is -0.134. The molecule has 0 spiro atoms. The Balaban J connectivity index is 1.62. The summed E-state index contributed by atoms with van der Waals surface area (Å²) in [6.45, 7) is 5.66. The van der Waals surface area contributed by atoms with E-state index in [0.29, 0.717) is 6.10 Å². The molecule has 0 aromatic rings. The van der Waals surface area contributed by atoms with Gasteiger partial charge < -0.3 is 15.0 Å². The number of nitrogens with zero attached hydrogens (tertiary/aromatic N) is 1. The number of carbonyl (C=O) groups excluding carboxylic acids is 1. The lowest BCUT2D eigenvalue weighted by Gasteiger charge is -2.30. The topological polar surface area (TPSA) is 41.6 Å². The number of piperidine rings is 1. The minimum Gasteiger partial charge on any atom is -0.378 e. The van der Waals surface area contributed by atoms with Gasteiger partial charge in [-0.05, 0) is 58.4 Å². The average Bonchev–Trinajstić information content (AvgIpc) is 2.48. The van der Waals surface area contributed by atoms with Gasteiger partial charge in [-0.3, -0.25) is 4.79 Å². The zero-order chi connectivity index (χ0) is 13.5. The summed E-state index contributed by atoms with van der Waals surface area (Å²) in [4.78, 5) is 14.2. The fourth-order valence-electron chi connectivity index (χ4n) is 2.97. The Morgan fingerprint density at radius 2 is 2.05 bits per heavy atom. The Morgan fingerprint density at radius 3 is 2.74 bits per heavy atom. The van der Waals surface area contributed by atoms with Crippen molar-refractivity contribution in [3.63, 3.8) is 0 Å². The van der Waals surface area contributed by atoms with E-state index in [1.165, 1.54) is 25.7 Å². The smallest absolute Gasteiger partial charge is 0.239 e. The van der Waals surface area contributed by atoms with Crippen LogP contribution in [0.4, 0.5) is 0 Å². The molecule has 0 aliphatic carbocycles. The highest BCUT2D eigenvalue weighted by atomic mass is 16.5. The summed E-state index contributed by atoms with van der Waals surface area (Å²) < 4.78 is 5.70. The number of rotatable bonds is 5. The summed E-state index contributed by atoms with van der Waals surface area (Å²) in [5.41, 5.74) is 0. The lowest BCUT2D eigenvalue weighted by Crippen LogP contribution is -2.47. The predicted molar refractivity (Wildman–Crippen MR) is 76.1 cm³/mol. The van der Waals surface area contributed by atoms with Crippen molar-refractivity contribution in [1.82, 2.24) is 10.2 Å². The fraction of sp³-hybridized carbons (Fsp3) is 0.933. The molecule has 2 aliphatic rings. The first kappa shape index (κ1) is 14.8. The first-order valence-corrected chi connectivity index (χ1v) is 7.91. The Morgan fingerprint density at radius 1 is 1.26 bits per heavy atom. The van der Waals surface area contributed by atoms with Crippen LogP contribution in [0.3, 0.4) is 0 Å². The number of hydrogen-bond donors (Lipinski definition) is 1. The Bertz CT molecular complexity index is 271. The van der Waals surface area contributed by atoms with Crippen LogP contribution < -0.4 is 5.32 Å². The predicted octanol–water partition coefficient (Wildman–Crippen LogP) is 1.94. The van der Waals surface area contributed by atoms with Crippen molar-refractivity contribution in [2.75, 3.05) is 26.2 Å². The van der Waals surface area contributed by atoms with Gasteiger partial charge >= 0.3 is 0 Å². The number of amides is 1. The quantitative estimate of drug-likeness (QED) is 0.828. The summed E-state index contributed by atoms with van der Waals surface area (Å²) >= 11 is 0. The van der Waals surface area contributed by atoms with Gasteiger partial charge in [0.1, 0.15) is 0 Å². The molecule has 1 amide bonds. The molecule has 4 heteroatoms. The molecule has 2 saturated heterocycles. The molecule has 2 unspecified atom stereocenters. The van der Waals surface area contributed by atoms with E-state index in [2.05, 4.69) is 5.32 Å². The van der Waals surface area contributed by atoms with Crippen LogP contribution in [0.25, 0.3) is 0 Å². The normalized spacial score (nSPS) is 26.2. The SMILES string of the molecule is CC(NCCC1CCCCO1)C(=O)N1CCCCC1. The lowest BCUT2D eigenvalue weighted by atomic mass is 10.1. The second kappa shape index (κ2) is 7.85. The standard InChI is InChI=1S/C15H28N2O2/c1-13(15(18)17-10-4-2-5-11-17)16-9-8-14-7-3-6-12-19-14/h13-14,16H,2-12H2,1H3. The van der Waals surface area contributed by atoms with Crippen LogP contribution in [0.2, 0.25) is 0 Å². The summed E-state index contributed by atoms with van der Waals surface area (Å²) in [7, 11) is 0. The molecule has 2 heterocycles. The highest BCUT2D eigenvalue weighted by Crippen LogP contribution is 2.15. The van der Waals surface area contributed by atoms with Crippen LogP contribution in [0, 0.1) is 0 Å². The van der Waals surface area contributed by atoms with Crippen LogP contribution >= 0.6 is 0 Å². The molecular weight excluding hydrogens is 240 g/mol. The zero-order valence-corrected chi connectivity index (χ0v) is 12.2. The van der Waals surface area contributed by atoms with Crippen molar-refractivity contribution >= 4 is 5.91 Å². The first-order chi connectivity index (χ1) is 9.27. The maximum absolute atomic E-state index is 12.2. The number of carbonyl (C=O) groups is 1. The second-order valence-electron chi connectivity index (χ2n) is 5.84. The van der Waals surface area contributed by atoms with Gasteiger partial charge in [0.25, 0.3) is 0 Å². The van der Waals surface area contributed by atoms with E-state index in [4.69, 9.17) is 4.74 Å². The van der Waals surface area contributed by atoms with E-state index < -0.39 is 0 Å². The van der Waals surface area contributed by atoms with Crippen molar-refractivity contribution in [2.45, 2.75) is 64.0 Å². The van der Waals surface area contributed by atoms with Crippen molar-refractivity contribution in [1.29, 1.82) is 0 Å². The third-order valence-corrected chi connectivity index (χ3v) is 4.23. The van der Waals surface area contributed by atoms with Gasteiger partial charge in [0.05, 0.1) is 12.1 Å². The van der Waals surface area contributed by atoms with Gasteiger partial charge in [-0.2, -0.15) is 0 Å². The van der Waals surface area contributed by atoms with Crippen LogP contribution in [0.1, 0.15) is 51.9 Å². The maximum Gasteiger partial charge on any atom is 0.239 e. The van der Waals surface area contributed by atoms with E-state index in [9.17, 15) is 4.79 Å². The molecule has 0 bridgehead atoms. The van der Waals surface area contributed by atoms with Gasteiger partial charge in [0, 0.05) is 19.7 Å². The molecule has 2 rings (SSSR count). The number of hydrogen-bond acceptors (Lipinski definition) is 3. The molecular formula is C15H28N2O2. The van der Waals surface area contributed by atoms with Crippen LogP contribution in [0.5, 0.6) is 0 Å². The summed E-state index contributed by atoms with van der Waals surface area (Å²) in [6, 6.07) is -0.0540. The highest BCUT2D eigenvalue weighted by molar-refractivity contribution is 5.81. The molecule has 2 fully saturated rings. The summed E-state index contributed by atoms with van der Waals surface area (Å²) in [5, 5.41) is 3.36. The summed E-state index contributed by atoms with van der Waals surface area (Å²) in [5.74, 6) is 0.268. The van der Waals surface area contributed by atoms with Crippen molar-refractivity contribution in [3.05, 3.63) is 0 Å². The van der Waals surface area contributed by atoms with Crippen molar-refractivity contribution in [2.24, 2.45) is 0 Å². The maximum atomic E-state index is 12.2. The minimum atomic E-state index is -0.0540. The number of likely N-dealkylation sites (tertiary alicyclic amines) is 1. The average molecular weight is 268 g/mol. The van der Waals surface area contributed by atoms with Gasteiger partial charge in [-0.1, -0.05) is 0 Å². The molecule has 1 N–H and O–H groups in total. The molecule has 0 radical (unpaired) electrons. The van der Waals surface area contributed by atoms with Crippen LogP contribution in [-0.4, -0.2) is 49.2 Å². The molecule has 0 aromatic carbocycles. The van der Waals surface area contributed by atoms with Crippen LogP contribution in [0.15, 0.2) is 0 Å². The first-order valence-electron chi connectivity index (χ1n) is 7.91. The van der Waals surface area contributed by atoms with Gasteiger partial charge in [-0.25, -0.2) is 0 Å². The monoisotopic (exact) mass is 268 g/mol. The largest absolute Gasteiger partial charge is 0.378 e.